The minimum Gasteiger partial charge on any atom is -0.324 e. The standard InChI is InChI=1S/C8H11NO6P2S/c9-5-6(7-2-1-3-18-7)4-8(16(10,11)12)17(13,14)15/h1-3,6,8H,4H2,(H2,10,11,12)(H2,13,14,15). The molecule has 0 radical (unpaired) electrons. The second-order valence-corrected chi connectivity index (χ2v) is 8.58. The fraction of sp³-hybridized carbons (Fsp3) is 0.375. The maximum absolute atomic E-state index is 11.1. The van der Waals surface area contributed by atoms with E-state index in [1.807, 2.05) is 0 Å². The molecule has 1 aromatic rings. The first kappa shape index (κ1) is 15.5. The van der Waals surface area contributed by atoms with Gasteiger partial charge in [0.05, 0.1) is 12.0 Å². The first-order valence-electron chi connectivity index (χ1n) is 4.69. The first-order valence-corrected chi connectivity index (χ1v) is 8.94. The van der Waals surface area contributed by atoms with Crippen molar-refractivity contribution in [1.29, 1.82) is 5.26 Å². The van der Waals surface area contributed by atoms with E-state index in [2.05, 4.69) is 0 Å². The Bertz CT molecular complexity index is 504. The number of thiophene rings is 1. The lowest BCUT2D eigenvalue weighted by Gasteiger charge is -2.21. The summed E-state index contributed by atoms with van der Waals surface area (Å²) in [5.74, 6) is -0.949. The molecular formula is C8H11NO6P2S. The van der Waals surface area contributed by atoms with Gasteiger partial charge in [0.15, 0.2) is 5.40 Å². The second-order valence-electron chi connectivity index (χ2n) is 3.59. The van der Waals surface area contributed by atoms with Crippen molar-refractivity contribution >= 4 is 26.5 Å². The molecule has 0 bridgehead atoms. The monoisotopic (exact) mass is 311 g/mol. The third-order valence-corrected chi connectivity index (χ3v) is 7.03. The lowest BCUT2D eigenvalue weighted by atomic mass is 10.1. The minimum atomic E-state index is -4.98. The summed E-state index contributed by atoms with van der Waals surface area (Å²) in [6.07, 6.45) is -0.578. The fourth-order valence-electron chi connectivity index (χ4n) is 1.40. The molecule has 1 rings (SSSR count). The molecular weight excluding hydrogens is 300 g/mol. The van der Waals surface area contributed by atoms with Crippen LogP contribution in [0.5, 0.6) is 0 Å². The molecule has 0 aliphatic carbocycles. The van der Waals surface area contributed by atoms with Gasteiger partial charge in [-0.05, 0) is 17.9 Å². The van der Waals surface area contributed by atoms with Gasteiger partial charge < -0.3 is 19.6 Å². The summed E-state index contributed by atoms with van der Waals surface area (Å²) in [5.41, 5.74) is 0. The predicted octanol–water partition coefficient (Wildman–Crippen LogP) is 1.43. The van der Waals surface area contributed by atoms with Crippen molar-refractivity contribution in [2.75, 3.05) is 0 Å². The second kappa shape index (κ2) is 5.64. The molecule has 18 heavy (non-hydrogen) atoms. The van der Waals surface area contributed by atoms with Crippen LogP contribution in [0.2, 0.25) is 0 Å². The Morgan fingerprint density at radius 1 is 1.28 bits per heavy atom. The van der Waals surface area contributed by atoms with Gasteiger partial charge in [-0.1, -0.05) is 6.07 Å². The zero-order valence-electron chi connectivity index (χ0n) is 8.95. The van der Waals surface area contributed by atoms with Crippen LogP contribution in [0.1, 0.15) is 17.2 Å². The van der Waals surface area contributed by atoms with Crippen molar-refractivity contribution in [3.05, 3.63) is 22.4 Å². The van der Waals surface area contributed by atoms with E-state index in [0.717, 1.165) is 0 Å². The Balaban J connectivity index is 3.02. The summed E-state index contributed by atoms with van der Waals surface area (Å²) in [6, 6.07) is 5.03. The van der Waals surface area contributed by atoms with Crippen LogP contribution in [0, 0.1) is 11.3 Å². The Hall–Kier alpha value is -0.510. The van der Waals surface area contributed by atoms with Crippen LogP contribution in [0.15, 0.2) is 17.5 Å². The van der Waals surface area contributed by atoms with Gasteiger partial charge in [-0.25, -0.2) is 0 Å². The molecule has 0 aliphatic rings. The average molecular weight is 311 g/mol. The van der Waals surface area contributed by atoms with Gasteiger partial charge in [0.2, 0.25) is 0 Å². The molecule has 10 heteroatoms. The number of rotatable bonds is 5. The number of nitrogens with zero attached hydrogens (tertiary/aromatic N) is 1. The normalized spacial score (nSPS) is 14.4. The van der Waals surface area contributed by atoms with Crippen LogP contribution >= 0.6 is 26.5 Å². The minimum absolute atomic E-state index is 0.518. The molecule has 1 aromatic heterocycles. The van der Waals surface area contributed by atoms with Crippen molar-refractivity contribution in [2.45, 2.75) is 17.7 Å². The molecule has 0 spiro atoms. The molecule has 1 heterocycles. The third-order valence-electron chi connectivity index (χ3n) is 2.27. The van der Waals surface area contributed by atoms with Gasteiger partial charge in [-0.15, -0.1) is 11.3 Å². The number of nitriles is 1. The van der Waals surface area contributed by atoms with E-state index in [9.17, 15) is 9.13 Å². The zero-order chi connectivity index (χ0) is 14.0. The van der Waals surface area contributed by atoms with E-state index >= 15 is 0 Å². The van der Waals surface area contributed by atoms with E-state index in [4.69, 9.17) is 24.8 Å². The molecule has 0 fully saturated rings. The number of hydrogen-bond acceptors (Lipinski definition) is 4. The molecule has 0 saturated carbocycles. The van der Waals surface area contributed by atoms with Crippen molar-refractivity contribution in [3.63, 3.8) is 0 Å². The van der Waals surface area contributed by atoms with Crippen molar-refractivity contribution in [1.82, 2.24) is 0 Å². The van der Waals surface area contributed by atoms with Crippen molar-refractivity contribution in [2.24, 2.45) is 0 Å². The molecule has 1 atom stereocenters. The van der Waals surface area contributed by atoms with Gasteiger partial charge in [0, 0.05) is 4.88 Å². The lowest BCUT2D eigenvalue weighted by molar-refractivity contribution is 0.334. The quantitative estimate of drug-likeness (QED) is 0.603. The van der Waals surface area contributed by atoms with E-state index < -0.39 is 32.9 Å². The first-order chi connectivity index (χ1) is 8.16. The number of hydrogen-bond donors (Lipinski definition) is 4. The van der Waals surface area contributed by atoms with Gasteiger partial charge in [0.1, 0.15) is 0 Å². The topological polar surface area (TPSA) is 139 Å². The average Bonchev–Trinajstić information content (AvgIpc) is 2.68. The molecule has 0 amide bonds. The Morgan fingerprint density at radius 2 is 1.83 bits per heavy atom. The summed E-state index contributed by atoms with van der Waals surface area (Å²) in [7, 11) is -9.95. The van der Waals surface area contributed by atoms with E-state index in [1.54, 1.807) is 23.6 Å². The third kappa shape index (κ3) is 4.01. The van der Waals surface area contributed by atoms with Crippen LogP contribution in [0.3, 0.4) is 0 Å². The Kier molecular flexibility index (Phi) is 4.87. The van der Waals surface area contributed by atoms with Crippen LogP contribution in [-0.2, 0) is 9.13 Å². The zero-order valence-corrected chi connectivity index (χ0v) is 11.6. The summed E-state index contributed by atoms with van der Waals surface area (Å²) < 4.78 is 22.2. The lowest BCUT2D eigenvalue weighted by Crippen LogP contribution is -2.13. The fourth-order valence-corrected chi connectivity index (χ4v) is 4.73. The highest BCUT2D eigenvalue weighted by atomic mass is 32.1. The SMILES string of the molecule is N#CC(CC(P(=O)(O)O)P(=O)(O)O)c1cccs1. The van der Waals surface area contributed by atoms with Crippen molar-refractivity contribution < 1.29 is 28.7 Å². The molecule has 7 nitrogen and oxygen atoms in total. The van der Waals surface area contributed by atoms with Crippen LogP contribution in [0.4, 0.5) is 0 Å². The maximum Gasteiger partial charge on any atom is 0.340 e. The largest absolute Gasteiger partial charge is 0.340 e. The molecule has 0 aromatic carbocycles. The summed E-state index contributed by atoms with van der Waals surface area (Å²) in [6.45, 7) is 0. The van der Waals surface area contributed by atoms with Crippen LogP contribution in [0.25, 0.3) is 0 Å². The molecule has 100 valence electrons. The predicted molar refractivity (Wildman–Crippen MR) is 65.2 cm³/mol. The van der Waals surface area contributed by atoms with Crippen molar-refractivity contribution in [3.8, 4) is 6.07 Å². The summed E-state index contributed by atoms with van der Waals surface area (Å²) >= 11 is 1.19. The van der Waals surface area contributed by atoms with Gasteiger partial charge in [-0.3, -0.25) is 9.13 Å². The van der Waals surface area contributed by atoms with E-state index in [-0.39, 0.29) is 0 Å². The van der Waals surface area contributed by atoms with E-state index in [0.29, 0.717) is 4.88 Å². The molecule has 0 aliphatic heterocycles. The smallest absolute Gasteiger partial charge is 0.324 e. The van der Waals surface area contributed by atoms with Crippen LogP contribution < -0.4 is 0 Å². The summed E-state index contributed by atoms with van der Waals surface area (Å²) in [5, 5.41) is 8.46. The van der Waals surface area contributed by atoms with Gasteiger partial charge in [0.25, 0.3) is 0 Å². The van der Waals surface area contributed by atoms with Gasteiger partial charge >= 0.3 is 15.2 Å². The Labute approximate surface area is 107 Å². The highest BCUT2D eigenvalue weighted by Crippen LogP contribution is 2.62. The highest BCUT2D eigenvalue weighted by Gasteiger charge is 2.44. The van der Waals surface area contributed by atoms with Crippen LogP contribution in [-0.4, -0.2) is 25.0 Å². The Morgan fingerprint density at radius 3 is 2.17 bits per heavy atom. The summed E-state index contributed by atoms with van der Waals surface area (Å²) in [4.78, 5) is 36.4. The van der Waals surface area contributed by atoms with E-state index in [1.165, 1.54) is 11.3 Å². The van der Waals surface area contributed by atoms with Gasteiger partial charge in [-0.2, -0.15) is 5.26 Å². The highest BCUT2D eigenvalue weighted by molar-refractivity contribution is 7.70. The molecule has 0 saturated heterocycles. The molecule has 4 N–H and O–H groups in total. The molecule has 1 unspecified atom stereocenters. The maximum atomic E-state index is 11.1.